The minimum atomic E-state index is -3.88. The number of hydrogen-bond donors (Lipinski definition) is 1. The summed E-state index contributed by atoms with van der Waals surface area (Å²) in [5, 5.41) is 2.81. The quantitative estimate of drug-likeness (QED) is 0.841. The van der Waals surface area contributed by atoms with Crippen LogP contribution in [0.4, 0.5) is 0 Å². The fourth-order valence-electron chi connectivity index (χ4n) is 2.25. The van der Waals surface area contributed by atoms with E-state index in [2.05, 4.69) is 19.2 Å². The molecule has 0 heterocycles. The summed E-state index contributed by atoms with van der Waals surface area (Å²) in [5.74, 6) is 0.399. The van der Waals surface area contributed by atoms with Crippen LogP contribution < -0.4 is 10.1 Å². The number of halogens is 1. The summed E-state index contributed by atoms with van der Waals surface area (Å²) >= 11 is 0. The van der Waals surface area contributed by atoms with E-state index in [1.165, 1.54) is 25.3 Å². The Morgan fingerprint density at radius 3 is 2.57 bits per heavy atom. The number of ether oxygens (including phenoxy) is 1. The molecule has 1 saturated carbocycles. The van der Waals surface area contributed by atoms with E-state index < -0.39 is 9.05 Å². The maximum absolute atomic E-state index is 12.2. The Kier molecular flexibility index (Phi) is 4.22. The maximum atomic E-state index is 12.2. The van der Waals surface area contributed by atoms with Gasteiger partial charge in [0.2, 0.25) is 0 Å². The number of carbonyl (C=O) groups is 1. The van der Waals surface area contributed by atoms with E-state index in [4.69, 9.17) is 15.4 Å². The van der Waals surface area contributed by atoms with Gasteiger partial charge in [0.05, 0.1) is 17.6 Å². The van der Waals surface area contributed by atoms with Gasteiger partial charge in [-0.05, 0) is 36.0 Å². The lowest BCUT2D eigenvalue weighted by molar-refractivity contribution is 0.0947. The summed E-state index contributed by atoms with van der Waals surface area (Å²) in [4.78, 5) is 12.1. The highest BCUT2D eigenvalue weighted by Gasteiger charge is 2.45. The average Bonchev–Trinajstić information content (AvgIpc) is 3.01. The Bertz CT molecular complexity index is 670. The predicted molar refractivity (Wildman–Crippen MR) is 80.3 cm³/mol. The fourth-order valence-corrected chi connectivity index (χ4v) is 3.03. The molecule has 1 aromatic carbocycles. The molecule has 0 spiro atoms. The molecule has 1 aromatic rings. The van der Waals surface area contributed by atoms with Crippen LogP contribution in [0, 0.1) is 11.3 Å². The van der Waals surface area contributed by atoms with Crippen molar-refractivity contribution in [2.45, 2.75) is 25.2 Å². The zero-order chi connectivity index (χ0) is 15.8. The van der Waals surface area contributed by atoms with Crippen molar-refractivity contribution in [3.8, 4) is 5.75 Å². The van der Waals surface area contributed by atoms with Crippen LogP contribution in [0.25, 0.3) is 0 Å². The summed E-state index contributed by atoms with van der Waals surface area (Å²) in [6.07, 6.45) is 1.07. The highest BCUT2D eigenvalue weighted by atomic mass is 35.7. The Morgan fingerprint density at radius 1 is 1.48 bits per heavy atom. The van der Waals surface area contributed by atoms with Crippen LogP contribution in [-0.4, -0.2) is 28.0 Å². The van der Waals surface area contributed by atoms with Crippen LogP contribution in [0.2, 0.25) is 0 Å². The first-order valence-electron chi connectivity index (χ1n) is 6.56. The average molecular weight is 332 g/mol. The first kappa shape index (κ1) is 16.1. The molecule has 0 bridgehead atoms. The molecule has 5 nitrogen and oxygen atoms in total. The molecule has 0 aromatic heterocycles. The second-order valence-corrected chi connectivity index (χ2v) is 8.47. The highest BCUT2D eigenvalue weighted by Crippen LogP contribution is 2.51. The van der Waals surface area contributed by atoms with Crippen molar-refractivity contribution in [3.63, 3.8) is 0 Å². The van der Waals surface area contributed by atoms with Gasteiger partial charge >= 0.3 is 0 Å². The van der Waals surface area contributed by atoms with E-state index >= 15 is 0 Å². The zero-order valence-electron chi connectivity index (χ0n) is 12.1. The van der Waals surface area contributed by atoms with E-state index in [1.807, 2.05) is 0 Å². The number of methoxy groups -OCH3 is 1. The number of hydrogen-bond acceptors (Lipinski definition) is 4. The van der Waals surface area contributed by atoms with Crippen LogP contribution in [0.3, 0.4) is 0 Å². The largest absolute Gasteiger partial charge is 0.496 e. The molecular weight excluding hydrogens is 314 g/mol. The van der Waals surface area contributed by atoms with E-state index in [1.54, 1.807) is 0 Å². The van der Waals surface area contributed by atoms with Gasteiger partial charge in [0.1, 0.15) is 5.75 Å². The Morgan fingerprint density at radius 2 is 2.10 bits per heavy atom. The number of nitrogens with one attached hydrogen (secondary N) is 1. The summed E-state index contributed by atoms with van der Waals surface area (Å²) in [5.41, 5.74) is 0.427. The summed E-state index contributed by atoms with van der Waals surface area (Å²) < 4.78 is 27.8. The van der Waals surface area contributed by atoms with Crippen molar-refractivity contribution in [1.29, 1.82) is 0 Å². The van der Waals surface area contributed by atoms with Gasteiger partial charge in [-0.2, -0.15) is 0 Å². The van der Waals surface area contributed by atoms with Crippen LogP contribution >= 0.6 is 10.7 Å². The van der Waals surface area contributed by atoms with Gasteiger partial charge in [-0.15, -0.1) is 0 Å². The lowest BCUT2D eigenvalue weighted by atomic mass is 10.1. The monoisotopic (exact) mass is 331 g/mol. The number of benzene rings is 1. The standard InChI is InChI=1S/C14H18ClNO4S/c1-14(2)7-9(14)8-16-13(17)11-6-10(21(15,18)19)4-5-12(11)20-3/h4-6,9H,7-8H2,1-3H3,(H,16,17). The minimum Gasteiger partial charge on any atom is -0.496 e. The molecule has 2 rings (SSSR count). The Balaban J connectivity index is 2.18. The molecule has 7 heteroatoms. The van der Waals surface area contributed by atoms with Crippen LogP contribution in [0.1, 0.15) is 30.6 Å². The molecule has 1 amide bonds. The molecule has 21 heavy (non-hydrogen) atoms. The molecule has 1 N–H and O–H groups in total. The van der Waals surface area contributed by atoms with Crippen molar-refractivity contribution in [3.05, 3.63) is 23.8 Å². The maximum Gasteiger partial charge on any atom is 0.261 e. The third-order valence-electron chi connectivity index (χ3n) is 3.92. The van der Waals surface area contributed by atoms with Crippen LogP contribution in [-0.2, 0) is 9.05 Å². The Hall–Kier alpha value is -1.27. The molecule has 1 atom stereocenters. The van der Waals surface area contributed by atoms with Gasteiger partial charge in [0, 0.05) is 17.2 Å². The SMILES string of the molecule is COc1ccc(S(=O)(=O)Cl)cc1C(=O)NCC1CC1(C)C. The molecule has 0 radical (unpaired) electrons. The first-order valence-corrected chi connectivity index (χ1v) is 8.87. The first-order chi connectivity index (χ1) is 9.65. The second-order valence-electron chi connectivity index (χ2n) is 5.90. The highest BCUT2D eigenvalue weighted by molar-refractivity contribution is 8.13. The molecule has 116 valence electrons. The second kappa shape index (κ2) is 5.50. The van der Waals surface area contributed by atoms with Gasteiger partial charge in [0.15, 0.2) is 0 Å². The fraction of sp³-hybridized carbons (Fsp3) is 0.500. The topological polar surface area (TPSA) is 72.5 Å². The van der Waals surface area contributed by atoms with Gasteiger partial charge in [-0.3, -0.25) is 4.79 Å². The van der Waals surface area contributed by atoms with Crippen LogP contribution in [0.5, 0.6) is 5.75 Å². The molecule has 1 fully saturated rings. The van der Waals surface area contributed by atoms with Crippen molar-refractivity contribution >= 4 is 25.6 Å². The van der Waals surface area contributed by atoms with Gasteiger partial charge < -0.3 is 10.1 Å². The van der Waals surface area contributed by atoms with Crippen LogP contribution in [0.15, 0.2) is 23.1 Å². The van der Waals surface area contributed by atoms with Gasteiger partial charge in [0.25, 0.3) is 15.0 Å². The summed E-state index contributed by atoms with van der Waals surface area (Å²) in [6.45, 7) is 4.85. The number of carbonyl (C=O) groups excluding carboxylic acids is 1. The summed E-state index contributed by atoms with van der Waals surface area (Å²) in [7, 11) is 2.84. The van der Waals surface area contributed by atoms with Gasteiger partial charge in [-0.25, -0.2) is 8.42 Å². The molecular formula is C14H18ClNO4S. The third kappa shape index (κ3) is 3.68. The third-order valence-corrected chi connectivity index (χ3v) is 5.28. The molecule has 1 unspecified atom stereocenters. The van der Waals surface area contributed by atoms with E-state index in [0.717, 1.165) is 6.42 Å². The van der Waals surface area contributed by atoms with Crippen molar-refractivity contribution in [2.24, 2.45) is 11.3 Å². The van der Waals surface area contributed by atoms with E-state index in [0.29, 0.717) is 18.2 Å². The van der Waals surface area contributed by atoms with E-state index in [-0.39, 0.29) is 21.8 Å². The zero-order valence-corrected chi connectivity index (χ0v) is 13.7. The van der Waals surface area contributed by atoms with Crippen molar-refractivity contribution < 1.29 is 17.9 Å². The molecule has 1 aliphatic carbocycles. The predicted octanol–water partition coefficient (Wildman–Crippen LogP) is 2.40. The smallest absolute Gasteiger partial charge is 0.261 e. The van der Waals surface area contributed by atoms with E-state index in [9.17, 15) is 13.2 Å². The molecule has 1 aliphatic rings. The minimum absolute atomic E-state index is 0.123. The Labute approximate surface area is 129 Å². The lowest BCUT2D eigenvalue weighted by Gasteiger charge is -2.11. The molecule has 0 saturated heterocycles. The van der Waals surface area contributed by atoms with Crippen molar-refractivity contribution in [2.75, 3.05) is 13.7 Å². The number of rotatable bonds is 5. The van der Waals surface area contributed by atoms with Gasteiger partial charge in [-0.1, -0.05) is 13.8 Å². The van der Waals surface area contributed by atoms with Crippen molar-refractivity contribution in [1.82, 2.24) is 5.32 Å². The summed E-state index contributed by atoms with van der Waals surface area (Å²) in [6, 6.07) is 3.96. The number of amides is 1. The lowest BCUT2D eigenvalue weighted by Crippen LogP contribution is -2.27. The normalized spacial score (nSPS) is 19.9. The molecule has 0 aliphatic heterocycles.